The molecule has 0 unspecified atom stereocenters. The van der Waals surface area contributed by atoms with E-state index in [2.05, 4.69) is 15.6 Å². The predicted octanol–water partition coefficient (Wildman–Crippen LogP) is 3.05. The molecule has 1 heterocycles. The number of aromatic nitrogens is 3. The first kappa shape index (κ1) is 19.6. The summed E-state index contributed by atoms with van der Waals surface area (Å²) in [5.41, 5.74) is 0.452. The Morgan fingerprint density at radius 2 is 1.93 bits per heavy atom. The van der Waals surface area contributed by atoms with E-state index < -0.39 is 11.9 Å². The number of amides is 1. The molecule has 146 valence electrons. The van der Waals surface area contributed by atoms with Crippen LogP contribution in [-0.4, -0.2) is 35.1 Å². The molecule has 0 radical (unpaired) electrons. The highest BCUT2D eigenvalue weighted by atomic mass is 35.5. The average molecular weight is 403 g/mol. The molecule has 1 atom stereocenters. The number of methoxy groups -OCH3 is 2. The molecule has 8 nitrogen and oxygen atoms in total. The first-order valence-electron chi connectivity index (χ1n) is 8.56. The van der Waals surface area contributed by atoms with Gasteiger partial charge in [0.25, 0.3) is 5.56 Å². The van der Waals surface area contributed by atoms with Crippen LogP contribution in [0.25, 0.3) is 10.9 Å². The standard InChI is InChI=1S/C19H19ClN4O4/c1-4-15(24-19(26)11-7-5-6-8-13(11)22-23-24)18(25)21-14-9-12(20)16(27-2)10-17(14)28-3/h5-10,15H,4H2,1-3H3,(H,21,25)/t15-/m0/s1. The fourth-order valence-corrected chi connectivity index (χ4v) is 3.09. The molecule has 2 aromatic carbocycles. The van der Waals surface area contributed by atoms with Crippen LogP contribution in [0, 0.1) is 0 Å². The van der Waals surface area contributed by atoms with Crippen molar-refractivity contribution >= 4 is 34.1 Å². The number of fused-ring (bicyclic) bond motifs is 1. The second-order valence-corrected chi connectivity index (χ2v) is 6.36. The number of anilines is 1. The van der Waals surface area contributed by atoms with Crippen molar-refractivity contribution < 1.29 is 14.3 Å². The highest BCUT2D eigenvalue weighted by molar-refractivity contribution is 6.32. The van der Waals surface area contributed by atoms with E-state index in [1.807, 2.05) is 0 Å². The highest BCUT2D eigenvalue weighted by Gasteiger charge is 2.24. The van der Waals surface area contributed by atoms with E-state index in [1.165, 1.54) is 20.3 Å². The molecule has 1 amide bonds. The third-order valence-electron chi connectivity index (χ3n) is 4.31. The Morgan fingerprint density at radius 3 is 2.61 bits per heavy atom. The summed E-state index contributed by atoms with van der Waals surface area (Å²) in [5.74, 6) is 0.357. The number of halogens is 1. The Kier molecular flexibility index (Phi) is 5.79. The van der Waals surface area contributed by atoms with E-state index in [1.54, 1.807) is 37.3 Å². The van der Waals surface area contributed by atoms with Crippen LogP contribution < -0.4 is 20.3 Å². The molecule has 9 heteroatoms. The fraction of sp³-hybridized carbons (Fsp3) is 0.263. The molecule has 0 bridgehead atoms. The first-order valence-corrected chi connectivity index (χ1v) is 8.94. The fourth-order valence-electron chi connectivity index (χ4n) is 2.85. The van der Waals surface area contributed by atoms with Gasteiger partial charge in [0.2, 0.25) is 5.91 Å². The minimum atomic E-state index is -0.852. The van der Waals surface area contributed by atoms with Gasteiger partial charge in [0.1, 0.15) is 23.1 Å². The lowest BCUT2D eigenvalue weighted by Crippen LogP contribution is -2.35. The van der Waals surface area contributed by atoms with Crippen LogP contribution in [0.15, 0.2) is 41.2 Å². The van der Waals surface area contributed by atoms with Crippen LogP contribution in [0.1, 0.15) is 19.4 Å². The number of benzene rings is 2. The van der Waals surface area contributed by atoms with Gasteiger partial charge in [-0.3, -0.25) is 9.59 Å². The maximum atomic E-state index is 12.9. The molecular formula is C19H19ClN4O4. The summed E-state index contributed by atoms with van der Waals surface area (Å²) in [7, 11) is 2.95. The van der Waals surface area contributed by atoms with E-state index in [0.717, 1.165) is 4.68 Å². The number of nitrogens with zero attached hydrogens (tertiary/aromatic N) is 3. The SMILES string of the molecule is CC[C@@H](C(=O)Nc1cc(Cl)c(OC)cc1OC)n1nnc2ccccc2c1=O. The molecule has 0 aliphatic rings. The summed E-state index contributed by atoms with van der Waals surface area (Å²) in [6.07, 6.45) is 0.338. The molecule has 0 fully saturated rings. The second-order valence-electron chi connectivity index (χ2n) is 5.96. The van der Waals surface area contributed by atoms with Crippen molar-refractivity contribution in [1.29, 1.82) is 0 Å². The Morgan fingerprint density at radius 1 is 1.21 bits per heavy atom. The third kappa shape index (κ3) is 3.63. The van der Waals surface area contributed by atoms with E-state index >= 15 is 0 Å². The maximum absolute atomic E-state index is 12.9. The molecule has 0 aliphatic heterocycles. The van der Waals surface area contributed by atoms with Crippen LogP contribution >= 0.6 is 11.6 Å². The van der Waals surface area contributed by atoms with E-state index in [-0.39, 0.29) is 5.56 Å². The van der Waals surface area contributed by atoms with E-state index in [9.17, 15) is 9.59 Å². The zero-order valence-corrected chi connectivity index (χ0v) is 16.4. The smallest absolute Gasteiger partial charge is 0.278 e. The summed E-state index contributed by atoms with van der Waals surface area (Å²) in [5, 5.41) is 11.4. The van der Waals surface area contributed by atoms with Gasteiger partial charge in [-0.25, -0.2) is 0 Å². The van der Waals surface area contributed by atoms with Crippen molar-refractivity contribution in [2.75, 3.05) is 19.5 Å². The van der Waals surface area contributed by atoms with Gasteiger partial charge in [-0.1, -0.05) is 35.9 Å². The lowest BCUT2D eigenvalue weighted by molar-refractivity contribution is -0.119. The normalized spacial score (nSPS) is 11.9. The molecule has 0 aliphatic carbocycles. The van der Waals surface area contributed by atoms with Gasteiger partial charge in [-0.15, -0.1) is 5.10 Å². The molecule has 3 rings (SSSR count). The Labute approximate surface area is 166 Å². The number of hydrogen-bond donors (Lipinski definition) is 1. The van der Waals surface area contributed by atoms with Gasteiger partial charge in [0.05, 0.1) is 30.3 Å². The third-order valence-corrected chi connectivity index (χ3v) is 4.60. The lowest BCUT2D eigenvalue weighted by Gasteiger charge is -2.18. The van der Waals surface area contributed by atoms with Crippen molar-refractivity contribution in [1.82, 2.24) is 15.0 Å². The van der Waals surface area contributed by atoms with Crippen molar-refractivity contribution in [3.63, 3.8) is 0 Å². The molecule has 0 saturated carbocycles. The number of nitrogens with one attached hydrogen (secondary N) is 1. The Bertz CT molecular complexity index is 1080. The molecule has 0 spiro atoms. The van der Waals surface area contributed by atoms with Crippen LogP contribution in [-0.2, 0) is 4.79 Å². The Hall–Kier alpha value is -3.13. The number of carbonyl (C=O) groups is 1. The number of carbonyl (C=O) groups excluding carboxylic acids is 1. The van der Waals surface area contributed by atoms with Crippen LogP contribution in [0.2, 0.25) is 5.02 Å². The summed E-state index contributed by atoms with van der Waals surface area (Å²) in [4.78, 5) is 25.7. The molecule has 0 saturated heterocycles. The molecule has 28 heavy (non-hydrogen) atoms. The average Bonchev–Trinajstić information content (AvgIpc) is 2.70. The molecule has 1 N–H and O–H groups in total. The maximum Gasteiger partial charge on any atom is 0.278 e. The van der Waals surface area contributed by atoms with Gasteiger partial charge in [-0.05, 0) is 24.6 Å². The van der Waals surface area contributed by atoms with Crippen molar-refractivity contribution in [2.24, 2.45) is 0 Å². The number of ether oxygens (including phenoxy) is 2. The van der Waals surface area contributed by atoms with Crippen molar-refractivity contribution in [2.45, 2.75) is 19.4 Å². The topological polar surface area (TPSA) is 95.3 Å². The van der Waals surface area contributed by atoms with Gasteiger partial charge in [0.15, 0.2) is 0 Å². The van der Waals surface area contributed by atoms with Crippen molar-refractivity contribution in [3.05, 3.63) is 51.8 Å². The van der Waals surface area contributed by atoms with Crippen LogP contribution in [0.5, 0.6) is 11.5 Å². The highest BCUT2D eigenvalue weighted by Crippen LogP contribution is 2.36. The Balaban J connectivity index is 1.96. The van der Waals surface area contributed by atoms with Gasteiger partial charge < -0.3 is 14.8 Å². The lowest BCUT2D eigenvalue weighted by atomic mass is 10.2. The molecule has 1 aromatic heterocycles. The minimum Gasteiger partial charge on any atom is -0.495 e. The minimum absolute atomic E-state index is 0.314. The zero-order chi connectivity index (χ0) is 20.3. The summed E-state index contributed by atoms with van der Waals surface area (Å²) >= 11 is 6.15. The van der Waals surface area contributed by atoms with Crippen molar-refractivity contribution in [3.8, 4) is 11.5 Å². The van der Waals surface area contributed by atoms with Crippen LogP contribution in [0.3, 0.4) is 0 Å². The van der Waals surface area contributed by atoms with Gasteiger partial charge in [-0.2, -0.15) is 4.68 Å². The largest absolute Gasteiger partial charge is 0.495 e. The van der Waals surface area contributed by atoms with Crippen LogP contribution in [0.4, 0.5) is 5.69 Å². The van der Waals surface area contributed by atoms with E-state index in [0.29, 0.717) is 39.5 Å². The second kappa shape index (κ2) is 8.26. The molecular weight excluding hydrogens is 384 g/mol. The molecule has 3 aromatic rings. The summed E-state index contributed by atoms with van der Waals surface area (Å²) < 4.78 is 11.5. The summed E-state index contributed by atoms with van der Waals surface area (Å²) in [6, 6.07) is 9.10. The number of rotatable bonds is 6. The first-order chi connectivity index (χ1) is 13.5. The zero-order valence-electron chi connectivity index (χ0n) is 15.6. The summed E-state index contributed by atoms with van der Waals surface area (Å²) in [6.45, 7) is 1.78. The quantitative estimate of drug-likeness (QED) is 0.680. The van der Waals surface area contributed by atoms with Gasteiger partial charge >= 0.3 is 0 Å². The predicted molar refractivity (Wildman–Crippen MR) is 106 cm³/mol. The van der Waals surface area contributed by atoms with Gasteiger partial charge in [0, 0.05) is 6.07 Å². The number of hydrogen-bond acceptors (Lipinski definition) is 6. The van der Waals surface area contributed by atoms with E-state index in [4.69, 9.17) is 21.1 Å². The monoisotopic (exact) mass is 402 g/mol.